The first-order chi connectivity index (χ1) is 13.1. The minimum atomic E-state index is -0.333. The number of hydrogen-bond donors (Lipinski definition) is 1. The predicted octanol–water partition coefficient (Wildman–Crippen LogP) is 2.66. The number of nitrogens with one attached hydrogen (secondary N) is 1. The quantitative estimate of drug-likeness (QED) is 0.870. The molecule has 0 aliphatic carbocycles. The van der Waals surface area contributed by atoms with E-state index in [4.69, 9.17) is 0 Å². The van der Waals surface area contributed by atoms with E-state index < -0.39 is 0 Å². The molecular formula is C18H20FN5O2S. The number of carbonyl (C=O) groups is 2. The fourth-order valence-corrected chi connectivity index (χ4v) is 4.36. The van der Waals surface area contributed by atoms with Crippen LogP contribution in [-0.4, -0.2) is 41.6 Å². The number of nitrogens with zero attached hydrogens (tertiary/aromatic N) is 4. The molecule has 4 rings (SSSR count). The Kier molecular flexibility index (Phi) is 5.02. The highest BCUT2D eigenvalue weighted by Gasteiger charge is 2.30. The van der Waals surface area contributed by atoms with Crippen LogP contribution in [0.4, 0.5) is 20.3 Å². The summed E-state index contributed by atoms with van der Waals surface area (Å²) >= 11 is 1.40. The second-order valence-corrected chi connectivity index (χ2v) is 7.73. The molecule has 27 heavy (non-hydrogen) atoms. The van der Waals surface area contributed by atoms with Gasteiger partial charge in [0.15, 0.2) is 0 Å². The van der Waals surface area contributed by atoms with Gasteiger partial charge in [0.1, 0.15) is 5.82 Å². The lowest BCUT2D eigenvalue weighted by molar-refractivity contribution is -0.120. The molecule has 2 saturated heterocycles. The van der Waals surface area contributed by atoms with Gasteiger partial charge in [0.05, 0.1) is 5.92 Å². The van der Waals surface area contributed by atoms with Crippen LogP contribution in [-0.2, 0) is 9.59 Å². The molecule has 0 radical (unpaired) electrons. The Labute approximate surface area is 160 Å². The Morgan fingerprint density at radius 1 is 1.15 bits per heavy atom. The molecular weight excluding hydrogens is 369 g/mol. The Balaban J connectivity index is 1.40. The van der Waals surface area contributed by atoms with Gasteiger partial charge in [-0.2, -0.15) is 0 Å². The first-order valence-electron chi connectivity index (χ1n) is 9.05. The van der Waals surface area contributed by atoms with E-state index in [-0.39, 0.29) is 23.5 Å². The zero-order valence-electron chi connectivity index (χ0n) is 14.7. The van der Waals surface area contributed by atoms with E-state index in [1.807, 2.05) is 0 Å². The standard InChI is InChI=1S/C18H20FN5O2S/c19-13-5-7-14(8-6-13)20-16(26)12-3-1-9-23(11-12)17-21-22-18(27-17)24-10-2-4-15(24)25/h5-8,12H,1-4,9-11H2,(H,20,26)/t12-/m0/s1. The summed E-state index contributed by atoms with van der Waals surface area (Å²) in [5.41, 5.74) is 0.587. The molecule has 2 fully saturated rings. The molecule has 142 valence electrons. The fourth-order valence-electron chi connectivity index (χ4n) is 3.44. The van der Waals surface area contributed by atoms with E-state index in [1.54, 1.807) is 17.0 Å². The smallest absolute Gasteiger partial charge is 0.229 e. The van der Waals surface area contributed by atoms with Gasteiger partial charge < -0.3 is 10.2 Å². The van der Waals surface area contributed by atoms with Crippen molar-refractivity contribution in [3.63, 3.8) is 0 Å². The molecule has 2 aliphatic rings. The maximum atomic E-state index is 13.0. The summed E-state index contributed by atoms with van der Waals surface area (Å²) in [6.45, 7) is 2.05. The van der Waals surface area contributed by atoms with Gasteiger partial charge in [-0.1, -0.05) is 11.3 Å². The van der Waals surface area contributed by atoms with Gasteiger partial charge in [0.25, 0.3) is 0 Å². The first kappa shape index (κ1) is 17.8. The Morgan fingerprint density at radius 3 is 2.67 bits per heavy atom. The van der Waals surface area contributed by atoms with Crippen LogP contribution in [0.5, 0.6) is 0 Å². The lowest BCUT2D eigenvalue weighted by Crippen LogP contribution is -2.40. The number of benzene rings is 1. The maximum absolute atomic E-state index is 13.0. The topological polar surface area (TPSA) is 78.4 Å². The average Bonchev–Trinajstić information content (AvgIpc) is 3.32. The first-order valence-corrected chi connectivity index (χ1v) is 9.87. The number of rotatable bonds is 4. The molecule has 1 N–H and O–H groups in total. The van der Waals surface area contributed by atoms with Crippen LogP contribution in [0.3, 0.4) is 0 Å². The number of anilines is 3. The monoisotopic (exact) mass is 389 g/mol. The summed E-state index contributed by atoms with van der Waals surface area (Å²) in [4.78, 5) is 28.2. The van der Waals surface area contributed by atoms with Crippen LogP contribution in [0.25, 0.3) is 0 Å². The minimum absolute atomic E-state index is 0.0780. The van der Waals surface area contributed by atoms with Gasteiger partial charge in [0, 0.05) is 31.7 Å². The second-order valence-electron chi connectivity index (χ2n) is 6.80. The molecule has 2 amide bonds. The number of amides is 2. The summed E-state index contributed by atoms with van der Waals surface area (Å²) in [5.74, 6) is -0.497. The molecule has 1 atom stereocenters. The van der Waals surface area contributed by atoms with E-state index in [0.29, 0.717) is 30.3 Å². The van der Waals surface area contributed by atoms with Crippen LogP contribution in [0, 0.1) is 11.7 Å². The molecule has 0 spiro atoms. The number of carbonyl (C=O) groups excluding carboxylic acids is 2. The van der Waals surface area contributed by atoms with Crippen molar-refractivity contribution >= 4 is 39.1 Å². The number of aromatic nitrogens is 2. The van der Waals surface area contributed by atoms with E-state index in [1.165, 1.54) is 23.5 Å². The van der Waals surface area contributed by atoms with E-state index in [2.05, 4.69) is 20.4 Å². The largest absolute Gasteiger partial charge is 0.346 e. The lowest BCUT2D eigenvalue weighted by atomic mass is 9.97. The molecule has 3 heterocycles. The van der Waals surface area contributed by atoms with Crippen molar-refractivity contribution in [2.45, 2.75) is 25.7 Å². The van der Waals surface area contributed by atoms with Crippen LogP contribution in [0.2, 0.25) is 0 Å². The third-order valence-electron chi connectivity index (χ3n) is 4.88. The van der Waals surface area contributed by atoms with E-state index in [0.717, 1.165) is 30.9 Å². The zero-order valence-corrected chi connectivity index (χ0v) is 15.5. The van der Waals surface area contributed by atoms with Gasteiger partial charge in [-0.15, -0.1) is 10.2 Å². The van der Waals surface area contributed by atoms with Crippen molar-refractivity contribution in [3.8, 4) is 0 Å². The third-order valence-corrected chi connectivity index (χ3v) is 5.89. The van der Waals surface area contributed by atoms with Gasteiger partial charge >= 0.3 is 0 Å². The highest BCUT2D eigenvalue weighted by Crippen LogP contribution is 2.32. The highest BCUT2D eigenvalue weighted by molar-refractivity contribution is 7.19. The highest BCUT2D eigenvalue weighted by atomic mass is 32.1. The summed E-state index contributed by atoms with van der Waals surface area (Å²) in [5, 5.41) is 12.6. The predicted molar refractivity (Wildman–Crippen MR) is 101 cm³/mol. The molecule has 0 unspecified atom stereocenters. The molecule has 0 bridgehead atoms. The summed E-state index contributed by atoms with van der Waals surface area (Å²) < 4.78 is 13.0. The molecule has 9 heteroatoms. The normalized spacial score (nSPS) is 20.2. The number of halogens is 1. The van der Waals surface area contributed by atoms with Crippen LogP contribution >= 0.6 is 11.3 Å². The van der Waals surface area contributed by atoms with Crippen LogP contribution in [0.15, 0.2) is 24.3 Å². The van der Waals surface area contributed by atoms with Crippen molar-refractivity contribution in [1.82, 2.24) is 10.2 Å². The van der Waals surface area contributed by atoms with Crippen molar-refractivity contribution in [2.24, 2.45) is 5.92 Å². The number of hydrogen-bond acceptors (Lipinski definition) is 6. The Bertz CT molecular complexity index is 841. The van der Waals surface area contributed by atoms with Gasteiger partial charge in [-0.05, 0) is 43.5 Å². The molecule has 0 saturated carbocycles. The van der Waals surface area contributed by atoms with Crippen LogP contribution in [0.1, 0.15) is 25.7 Å². The Morgan fingerprint density at radius 2 is 1.93 bits per heavy atom. The van der Waals surface area contributed by atoms with Crippen molar-refractivity contribution in [2.75, 3.05) is 34.8 Å². The van der Waals surface area contributed by atoms with Crippen molar-refractivity contribution in [1.29, 1.82) is 0 Å². The van der Waals surface area contributed by atoms with Gasteiger partial charge in [-0.25, -0.2) is 4.39 Å². The maximum Gasteiger partial charge on any atom is 0.229 e. The molecule has 2 aliphatic heterocycles. The van der Waals surface area contributed by atoms with Crippen molar-refractivity contribution < 1.29 is 14.0 Å². The van der Waals surface area contributed by atoms with Gasteiger partial charge in [0.2, 0.25) is 22.1 Å². The summed E-state index contributed by atoms with van der Waals surface area (Å²) in [6, 6.07) is 5.76. The molecule has 7 nitrogen and oxygen atoms in total. The molecule has 2 aromatic rings. The lowest BCUT2D eigenvalue weighted by Gasteiger charge is -2.31. The zero-order chi connectivity index (χ0) is 18.8. The Hall–Kier alpha value is -2.55. The summed E-state index contributed by atoms with van der Waals surface area (Å²) in [7, 11) is 0. The molecule has 1 aromatic carbocycles. The second kappa shape index (κ2) is 7.59. The third kappa shape index (κ3) is 3.92. The summed E-state index contributed by atoms with van der Waals surface area (Å²) in [6.07, 6.45) is 3.08. The van der Waals surface area contributed by atoms with E-state index in [9.17, 15) is 14.0 Å². The average molecular weight is 389 g/mol. The SMILES string of the molecule is O=C(Nc1ccc(F)cc1)[C@H]1CCCN(c2nnc(N3CCCC3=O)s2)C1. The fraction of sp³-hybridized carbons (Fsp3) is 0.444. The minimum Gasteiger partial charge on any atom is -0.346 e. The van der Waals surface area contributed by atoms with Crippen LogP contribution < -0.4 is 15.1 Å². The molecule has 1 aromatic heterocycles. The number of piperidine rings is 1. The van der Waals surface area contributed by atoms with E-state index >= 15 is 0 Å². The van der Waals surface area contributed by atoms with Crippen molar-refractivity contribution in [3.05, 3.63) is 30.1 Å². The van der Waals surface area contributed by atoms with Gasteiger partial charge in [-0.3, -0.25) is 14.5 Å².